The number of amides is 1. The summed E-state index contributed by atoms with van der Waals surface area (Å²) in [5, 5.41) is 9.28. The molecule has 0 aliphatic carbocycles. The minimum atomic E-state index is -4.69. The lowest BCUT2D eigenvalue weighted by atomic mass is 10.0. The zero-order valence-corrected chi connectivity index (χ0v) is 21.2. The Morgan fingerprint density at radius 3 is 2.00 bits per heavy atom. The van der Waals surface area contributed by atoms with Crippen molar-refractivity contribution in [2.24, 2.45) is 0 Å². The number of nitrogens with zero attached hydrogens (tertiary/aromatic N) is 3. The molecule has 1 atom stereocenters. The van der Waals surface area contributed by atoms with E-state index in [1.54, 1.807) is 79.0 Å². The zero-order valence-electron chi connectivity index (χ0n) is 20.3. The fourth-order valence-corrected chi connectivity index (χ4v) is 4.55. The van der Waals surface area contributed by atoms with Crippen molar-refractivity contribution in [2.75, 3.05) is 4.31 Å². The molecular weight excluding hydrogens is 527 g/mol. The van der Waals surface area contributed by atoms with E-state index < -0.39 is 34.5 Å². The number of alkyl halides is 3. The lowest BCUT2D eigenvalue weighted by molar-refractivity contribution is -0.138. The molecule has 0 aromatic heterocycles. The van der Waals surface area contributed by atoms with E-state index >= 15 is 0 Å². The number of para-hydroxylation sites is 1. The summed E-state index contributed by atoms with van der Waals surface area (Å²) < 4.78 is 64.6. The van der Waals surface area contributed by atoms with Gasteiger partial charge in [0.1, 0.15) is 0 Å². The van der Waals surface area contributed by atoms with Crippen LogP contribution in [0, 0.1) is 11.5 Å². The molecule has 0 heterocycles. The number of hydrogen-bond donors (Lipinski definition) is 0. The van der Waals surface area contributed by atoms with Gasteiger partial charge in [0.05, 0.1) is 28.1 Å². The van der Waals surface area contributed by atoms with E-state index in [1.165, 1.54) is 29.2 Å². The fraction of sp³-hybridized carbons (Fsp3) is 0.103. The molecule has 1 unspecified atom stereocenters. The first-order valence-corrected chi connectivity index (χ1v) is 12.7. The highest BCUT2D eigenvalue weighted by molar-refractivity contribution is 7.80. The Labute approximate surface area is 226 Å². The molecule has 0 spiro atoms. The monoisotopic (exact) mass is 548 g/mol. The summed E-state index contributed by atoms with van der Waals surface area (Å²) in [4.78, 5) is 14.8. The quantitative estimate of drug-likeness (QED) is 0.147. The smallest absolute Gasteiger partial charge is 0.417 e. The summed E-state index contributed by atoms with van der Waals surface area (Å²) in [7, 11) is 0. The van der Waals surface area contributed by atoms with Crippen molar-refractivity contribution < 1.29 is 26.7 Å². The molecule has 0 saturated carbocycles. The van der Waals surface area contributed by atoms with Gasteiger partial charge in [0.15, 0.2) is 6.19 Å². The molecule has 4 rings (SSSR count). The highest BCUT2D eigenvalue weighted by atomic mass is 32.2. The zero-order chi connectivity index (χ0) is 28.0. The van der Waals surface area contributed by atoms with E-state index in [9.17, 15) is 32.0 Å². The van der Waals surface area contributed by atoms with Crippen LogP contribution in [-0.4, -0.2) is 19.6 Å². The van der Waals surface area contributed by atoms with E-state index in [4.69, 9.17) is 0 Å². The van der Waals surface area contributed by atoms with Crippen LogP contribution in [0.2, 0.25) is 0 Å². The van der Waals surface area contributed by atoms with Crippen LogP contribution in [0.4, 0.5) is 18.9 Å². The molecule has 6 nitrogen and oxygen atoms in total. The predicted molar refractivity (Wildman–Crippen MR) is 140 cm³/mol. The largest absolute Gasteiger partial charge is 0.754 e. The second-order valence-electron chi connectivity index (χ2n) is 8.52. The summed E-state index contributed by atoms with van der Waals surface area (Å²) >= 11 is -2.80. The number of carbonyl (C=O) groups excluding carboxylic acids is 1. The first kappa shape index (κ1) is 27.6. The molecule has 4 aromatic carbocycles. The van der Waals surface area contributed by atoms with Gasteiger partial charge < -0.3 is 9.45 Å². The lowest BCUT2D eigenvalue weighted by Gasteiger charge is -2.25. The molecule has 0 saturated heterocycles. The molecular formula is C29H21F3N3O3S-. The van der Waals surface area contributed by atoms with Crippen LogP contribution >= 0.6 is 0 Å². The maximum Gasteiger partial charge on any atom is 0.417 e. The first-order valence-electron chi connectivity index (χ1n) is 11.7. The average Bonchev–Trinajstić information content (AvgIpc) is 2.93. The number of nitriles is 1. The Morgan fingerprint density at radius 2 is 1.38 bits per heavy atom. The predicted octanol–water partition coefficient (Wildman–Crippen LogP) is 6.30. The molecule has 39 heavy (non-hydrogen) atoms. The van der Waals surface area contributed by atoms with E-state index in [2.05, 4.69) is 0 Å². The van der Waals surface area contributed by atoms with Crippen molar-refractivity contribution in [2.45, 2.75) is 19.3 Å². The summed E-state index contributed by atoms with van der Waals surface area (Å²) in [6.07, 6.45) is -3.06. The lowest BCUT2D eigenvalue weighted by Crippen LogP contribution is -2.31. The van der Waals surface area contributed by atoms with Crippen molar-refractivity contribution in [3.05, 3.63) is 125 Å². The van der Waals surface area contributed by atoms with Crippen LogP contribution in [-0.2, 0) is 30.5 Å². The summed E-state index contributed by atoms with van der Waals surface area (Å²) in [6.45, 7) is 0.111. The topological polar surface area (TPSA) is 87.5 Å². The molecule has 0 aliphatic rings. The van der Waals surface area contributed by atoms with Crippen LogP contribution in [0.25, 0.3) is 11.1 Å². The van der Waals surface area contributed by atoms with Gasteiger partial charge in [-0.05, 0) is 34.9 Å². The Hall–Kier alpha value is -4.46. The van der Waals surface area contributed by atoms with E-state index in [-0.39, 0.29) is 18.8 Å². The van der Waals surface area contributed by atoms with Gasteiger partial charge in [0, 0.05) is 18.7 Å². The second kappa shape index (κ2) is 11.9. The van der Waals surface area contributed by atoms with E-state index in [0.717, 1.165) is 11.6 Å². The van der Waals surface area contributed by atoms with Gasteiger partial charge in [-0.15, -0.1) is 0 Å². The average molecular weight is 549 g/mol. The molecule has 0 N–H and O–H groups in total. The molecule has 4 aromatic rings. The van der Waals surface area contributed by atoms with Crippen LogP contribution < -0.4 is 4.31 Å². The van der Waals surface area contributed by atoms with Gasteiger partial charge in [-0.3, -0.25) is 9.00 Å². The summed E-state index contributed by atoms with van der Waals surface area (Å²) in [5.74, 6) is -0.760. The molecule has 10 heteroatoms. The van der Waals surface area contributed by atoms with Crippen molar-refractivity contribution in [1.29, 1.82) is 5.26 Å². The van der Waals surface area contributed by atoms with Crippen molar-refractivity contribution in [3.8, 4) is 17.3 Å². The van der Waals surface area contributed by atoms with Crippen LogP contribution in [0.5, 0.6) is 0 Å². The minimum Gasteiger partial charge on any atom is -0.754 e. The third-order valence-electron chi connectivity index (χ3n) is 5.97. The summed E-state index contributed by atoms with van der Waals surface area (Å²) in [5.41, 5.74) is 1.24. The van der Waals surface area contributed by atoms with E-state index in [0.29, 0.717) is 21.0 Å². The minimum absolute atomic E-state index is 0.0245. The highest BCUT2D eigenvalue weighted by Gasteiger charge is 2.36. The number of carbonyl (C=O) groups is 1. The number of benzene rings is 4. The van der Waals surface area contributed by atoms with Gasteiger partial charge in [-0.1, -0.05) is 84.9 Å². The molecule has 0 radical (unpaired) electrons. The van der Waals surface area contributed by atoms with Crippen molar-refractivity contribution in [1.82, 2.24) is 4.90 Å². The molecule has 0 fully saturated rings. The highest BCUT2D eigenvalue weighted by Crippen LogP contribution is 2.34. The maximum atomic E-state index is 13.7. The van der Waals surface area contributed by atoms with Gasteiger partial charge in [0.25, 0.3) is 5.91 Å². The third kappa shape index (κ3) is 6.52. The van der Waals surface area contributed by atoms with Gasteiger partial charge >= 0.3 is 6.18 Å². The van der Waals surface area contributed by atoms with Crippen molar-refractivity contribution >= 4 is 22.9 Å². The van der Waals surface area contributed by atoms with Crippen LogP contribution in [0.15, 0.2) is 103 Å². The molecule has 198 valence electrons. The van der Waals surface area contributed by atoms with Crippen LogP contribution in [0.3, 0.4) is 0 Å². The van der Waals surface area contributed by atoms with Gasteiger partial charge in [-0.25, -0.2) is 4.31 Å². The maximum absolute atomic E-state index is 13.7. The number of halogens is 3. The third-order valence-corrected chi connectivity index (χ3v) is 6.54. The second-order valence-corrected chi connectivity index (χ2v) is 9.32. The fourth-order valence-electron chi connectivity index (χ4n) is 4.16. The number of anilines is 1. The molecule has 1 amide bonds. The Kier molecular flexibility index (Phi) is 8.44. The molecule has 0 bridgehead atoms. The summed E-state index contributed by atoms with van der Waals surface area (Å²) in [6, 6.07) is 26.9. The molecule has 0 aliphatic heterocycles. The first-order chi connectivity index (χ1) is 18.7. The van der Waals surface area contributed by atoms with Gasteiger partial charge in [-0.2, -0.15) is 18.4 Å². The normalized spacial score (nSPS) is 11.9. The number of hydrogen-bond acceptors (Lipinski definition) is 4. The Bertz CT molecular complexity index is 1520. The standard InChI is InChI=1S/C29H22F3N3O3S/c30-29(31,32)26-12-6-4-11-25(26)28(36)34(18-21-8-2-1-3-9-21)19-22-14-16-23(17-15-22)24-10-5-7-13-27(24)35(20-33)39(37)38/h1-17H,18-19H2,(H,37,38)/p-1. The SMILES string of the molecule is N#CN(c1ccccc1-c1ccc(CN(Cc2ccccc2)C(=O)c2ccccc2C(F)(F)F)cc1)S(=O)[O-]. The van der Waals surface area contributed by atoms with Gasteiger partial charge in [0.2, 0.25) is 0 Å². The van der Waals surface area contributed by atoms with Crippen LogP contribution in [0.1, 0.15) is 27.0 Å². The Morgan fingerprint density at radius 1 is 0.821 bits per heavy atom. The van der Waals surface area contributed by atoms with Crippen molar-refractivity contribution in [3.63, 3.8) is 0 Å². The van der Waals surface area contributed by atoms with E-state index in [1.807, 2.05) is 0 Å². The number of rotatable bonds is 8. The Balaban J connectivity index is 1.67.